The molecule has 1 aliphatic carbocycles. The molecule has 10 nitrogen and oxygen atoms in total. The average molecular weight is 421 g/mol. The lowest BCUT2D eigenvalue weighted by atomic mass is 9.57. The van der Waals surface area contributed by atoms with Gasteiger partial charge in [0.2, 0.25) is 0 Å². The first-order chi connectivity index (χ1) is 14.9. The maximum Gasteiger partial charge on any atom is 0.306 e. The summed E-state index contributed by atoms with van der Waals surface area (Å²) in [5.41, 5.74) is 7.27. The van der Waals surface area contributed by atoms with Crippen LogP contribution in [0.5, 0.6) is 0 Å². The molecule has 2 fully saturated rings. The summed E-state index contributed by atoms with van der Waals surface area (Å²) in [6.07, 6.45) is 6.47. The van der Waals surface area contributed by atoms with E-state index < -0.39 is 5.97 Å². The number of rotatable bonds is 3. The highest BCUT2D eigenvalue weighted by Gasteiger charge is 2.48. The highest BCUT2D eigenvalue weighted by Crippen LogP contribution is 2.52. The predicted molar refractivity (Wildman–Crippen MR) is 114 cm³/mol. The van der Waals surface area contributed by atoms with Crippen LogP contribution < -0.4 is 16.2 Å². The third-order valence-electron chi connectivity index (χ3n) is 6.71. The lowest BCUT2D eigenvalue weighted by molar-refractivity contribution is -0.151. The number of fused-ring (bicyclic) bond motifs is 1. The van der Waals surface area contributed by atoms with E-state index in [0.717, 1.165) is 44.6 Å². The van der Waals surface area contributed by atoms with Crippen LogP contribution in [0.3, 0.4) is 0 Å². The number of nitrogen functional groups attached to an aromatic ring is 1. The molecule has 0 aromatic carbocycles. The van der Waals surface area contributed by atoms with Crippen LogP contribution in [0.25, 0.3) is 16.6 Å². The van der Waals surface area contributed by atoms with Gasteiger partial charge in [-0.05, 0) is 50.2 Å². The van der Waals surface area contributed by atoms with Crippen molar-refractivity contribution < 1.29 is 9.90 Å². The van der Waals surface area contributed by atoms with Gasteiger partial charge in [-0.15, -0.1) is 0 Å². The number of nitrogens with two attached hydrogens (primary N) is 1. The topological polar surface area (TPSA) is 140 Å². The molecular formula is C21H23N7O3. The van der Waals surface area contributed by atoms with Gasteiger partial charge in [0, 0.05) is 13.1 Å². The highest BCUT2D eigenvalue weighted by atomic mass is 16.4. The summed E-state index contributed by atoms with van der Waals surface area (Å²) in [6.45, 7) is 3.46. The average Bonchev–Trinajstić information content (AvgIpc) is 2.74. The zero-order valence-electron chi connectivity index (χ0n) is 17.2. The number of pyridine rings is 1. The first-order valence-corrected chi connectivity index (χ1v) is 10.3. The molecule has 0 bridgehead atoms. The molecule has 5 rings (SSSR count). The van der Waals surface area contributed by atoms with Crippen molar-refractivity contribution >= 4 is 28.5 Å². The Labute approximate surface area is 177 Å². The second-order valence-electron chi connectivity index (χ2n) is 8.59. The molecule has 1 saturated carbocycles. The van der Waals surface area contributed by atoms with E-state index in [1.807, 2.05) is 12.1 Å². The third-order valence-corrected chi connectivity index (χ3v) is 6.71. The van der Waals surface area contributed by atoms with E-state index in [4.69, 9.17) is 10.8 Å². The van der Waals surface area contributed by atoms with Crippen LogP contribution in [0.2, 0.25) is 0 Å². The number of piperidine rings is 1. The first-order valence-electron chi connectivity index (χ1n) is 10.3. The van der Waals surface area contributed by atoms with Crippen molar-refractivity contribution in [1.29, 1.82) is 0 Å². The largest absolute Gasteiger partial charge is 0.481 e. The first kappa shape index (κ1) is 19.4. The Morgan fingerprint density at radius 1 is 1.19 bits per heavy atom. The number of hydrogen-bond donors (Lipinski definition) is 2. The van der Waals surface area contributed by atoms with Crippen molar-refractivity contribution in [2.75, 3.05) is 23.7 Å². The van der Waals surface area contributed by atoms with Gasteiger partial charge in [0.1, 0.15) is 28.9 Å². The number of carboxylic acids is 1. The number of nitrogens with zero attached hydrogens (tertiary/aromatic N) is 6. The molecule has 1 spiro atoms. The molecule has 0 radical (unpaired) electrons. The molecule has 1 saturated heterocycles. The van der Waals surface area contributed by atoms with Gasteiger partial charge in [0.15, 0.2) is 0 Å². The second-order valence-corrected chi connectivity index (χ2v) is 8.59. The molecule has 31 heavy (non-hydrogen) atoms. The summed E-state index contributed by atoms with van der Waals surface area (Å²) in [7, 11) is 0. The Hall–Kier alpha value is -3.56. The maximum atomic E-state index is 12.9. The number of carbonyl (C=O) groups is 1. The van der Waals surface area contributed by atoms with Crippen molar-refractivity contribution in [1.82, 2.24) is 24.7 Å². The van der Waals surface area contributed by atoms with Crippen LogP contribution in [0, 0.1) is 18.3 Å². The summed E-state index contributed by atoms with van der Waals surface area (Å²) in [4.78, 5) is 38.9. The summed E-state index contributed by atoms with van der Waals surface area (Å²) in [6, 6.07) is 3.70. The molecule has 10 heteroatoms. The van der Waals surface area contributed by atoms with Gasteiger partial charge >= 0.3 is 5.97 Å². The Morgan fingerprint density at radius 2 is 1.94 bits per heavy atom. The van der Waals surface area contributed by atoms with Gasteiger partial charge in [-0.1, -0.05) is 0 Å². The summed E-state index contributed by atoms with van der Waals surface area (Å²) in [5, 5.41) is 13.8. The minimum Gasteiger partial charge on any atom is -0.481 e. The monoisotopic (exact) mass is 421 g/mol. The predicted octanol–water partition coefficient (Wildman–Crippen LogP) is 1.54. The molecule has 2 aliphatic rings. The van der Waals surface area contributed by atoms with Gasteiger partial charge in [-0.25, -0.2) is 15.0 Å². The molecular weight excluding hydrogens is 398 g/mol. The zero-order valence-corrected chi connectivity index (χ0v) is 17.2. The second kappa shape index (κ2) is 7.00. The van der Waals surface area contributed by atoms with Crippen molar-refractivity contribution in [2.45, 2.75) is 32.6 Å². The van der Waals surface area contributed by atoms with E-state index in [-0.39, 0.29) is 28.1 Å². The quantitative estimate of drug-likeness (QED) is 0.644. The van der Waals surface area contributed by atoms with Crippen LogP contribution in [-0.2, 0) is 4.79 Å². The van der Waals surface area contributed by atoms with Crippen LogP contribution in [0.4, 0.5) is 11.6 Å². The molecule has 160 valence electrons. The van der Waals surface area contributed by atoms with Crippen LogP contribution in [-0.4, -0.2) is 48.9 Å². The van der Waals surface area contributed by atoms with E-state index in [0.29, 0.717) is 16.9 Å². The smallest absolute Gasteiger partial charge is 0.306 e. The van der Waals surface area contributed by atoms with Gasteiger partial charge in [-0.3, -0.25) is 9.59 Å². The maximum absolute atomic E-state index is 12.9. The summed E-state index contributed by atoms with van der Waals surface area (Å²) >= 11 is 0. The molecule has 0 atom stereocenters. The van der Waals surface area contributed by atoms with E-state index in [2.05, 4.69) is 25.0 Å². The number of aromatic nitrogens is 5. The fraction of sp³-hybridized carbons (Fsp3) is 0.429. The normalized spacial score (nSPS) is 18.3. The van der Waals surface area contributed by atoms with Gasteiger partial charge in [-0.2, -0.15) is 9.78 Å². The fourth-order valence-electron chi connectivity index (χ4n) is 4.88. The number of hydrogen-bond acceptors (Lipinski definition) is 8. The molecule has 3 aromatic heterocycles. The molecule has 4 heterocycles. The molecule has 0 unspecified atom stereocenters. The van der Waals surface area contributed by atoms with Crippen LogP contribution >= 0.6 is 0 Å². The van der Waals surface area contributed by atoms with E-state index in [9.17, 15) is 9.59 Å². The number of carboxylic acid groups (broad SMARTS) is 1. The summed E-state index contributed by atoms with van der Waals surface area (Å²) in [5.74, 6) is 0.106. The molecule has 3 aromatic rings. The molecule has 3 N–H and O–H groups in total. The minimum atomic E-state index is -0.675. The van der Waals surface area contributed by atoms with E-state index in [1.54, 1.807) is 13.1 Å². The Morgan fingerprint density at radius 3 is 2.58 bits per heavy atom. The lowest BCUT2D eigenvalue weighted by Crippen LogP contribution is -2.49. The minimum absolute atomic E-state index is 0.127. The third kappa shape index (κ3) is 3.18. The number of anilines is 2. The SMILES string of the molecule is Cc1nn(-c2ccc(N3CCC4(CC3)CC(C(=O)O)C4)nc2)c(=O)c2c(N)ncnc12. The number of aliphatic carboxylic acids is 1. The Kier molecular flexibility index (Phi) is 4.38. The number of aryl methyl sites for hydroxylation is 1. The van der Waals surface area contributed by atoms with Gasteiger partial charge in [0.25, 0.3) is 5.56 Å². The van der Waals surface area contributed by atoms with E-state index >= 15 is 0 Å². The molecule has 1 aliphatic heterocycles. The van der Waals surface area contributed by atoms with Crippen molar-refractivity contribution in [3.05, 3.63) is 40.7 Å². The molecule has 0 amide bonds. The van der Waals surface area contributed by atoms with Crippen molar-refractivity contribution in [2.24, 2.45) is 11.3 Å². The Balaban J connectivity index is 1.36. The lowest BCUT2D eigenvalue weighted by Gasteiger charge is -2.51. The highest BCUT2D eigenvalue weighted by molar-refractivity contribution is 5.88. The van der Waals surface area contributed by atoms with Crippen LogP contribution in [0.1, 0.15) is 31.4 Å². The van der Waals surface area contributed by atoms with Crippen LogP contribution in [0.15, 0.2) is 29.5 Å². The summed E-state index contributed by atoms with van der Waals surface area (Å²) < 4.78 is 1.28. The zero-order chi connectivity index (χ0) is 21.8. The van der Waals surface area contributed by atoms with Gasteiger partial charge in [0.05, 0.1) is 23.5 Å². The van der Waals surface area contributed by atoms with Crippen molar-refractivity contribution in [3.63, 3.8) is 0 Å². The standard InChI is InChI=1S/C21H23N7O3/c1-12-17-16(18(22)25-11-24-17)19(29)28(26-12)14-2-3-15(23-10-14)27-6-4-21(5-7-27)8-13(9-21)20(30)31/h2-3,10-11,13H,4-9H2,1H3,(H,30,31)(H2,22,24,25). The fourth-order valence-corrected chi connectivity index (χ4v) is 4.88. The van der Waals surface area contributed by atoms with Crippen molar-refractivity contribution in [3.8, 4) is 5.69 Å². The van der Waals surface area contributed by atoms with E-state index in [1.165, 1.54) is 11.0 Å². The Bertz CT molecular complexity index is 1220. The van der Waals surface area contributed by atoms with Gasteiger partial charge < -0.3 is 15.7 Å².